The predicted octanol–water partition coefficient (Wildman–Crippen LogP) is 0.541. The van der Waals surface area contributed by atoms with Crippen LogP contribution in [-0.4, -0.2) is 41.9 Å². The summed E-state index contributed by atoms with van der Waals surface area (Å²) in [4.78, 5) is 15.4. The lowest BCUT2D eigenvalue weighted by molar-refractivity contribution is -0.119. The van der Waals surface area contributed by atoms with Crippen LogP contribution in [0.5, 0.6) is 0 Å². The Kier molecular flexibility index (Phi) is 4.49. The summed E-state index contributed by atoms with van der Waals surface area (Å²) >= 11 is 0. The van der Waals surface area contributed by atoms with E-state index in [4.69, 9.17) is 10.8 Å². The molecule has 0 bridgehead atoms. The highest BCUT2D eigenvalue weighted by Crippen LogP contribution is 2.22. The monoisotopic (exact) mass is 263 g/mol. The molecule has 8 heteroatoms. The van der Waals surface area contributed by atoms with Crippen molar-refractivity contribution in [3.8, 4) is 0 Å². The first-order chi connectivity index (χ1) is 8.33. The first-order valence-electron chi connectivity index (χ1n) is 5.02. The van der Waals surface area contributed by atoms with Gasteiger partial charge in [-0.1, -0.05) is 0 Å². The molecular weight excluding hydrogens is 251 g/mol. The molecule has 0 fully saturated rings. The van der Waals surface area contributed by atoms with Gasteiger partial charge in [-0.3, -0.25) is 9.78 Å². The van der Waals surface area contributed by atoms with E-state index in [1.807, 2.05) is 0 Å². The van der Waals surface area contributed by atoms with E-state index >= 15 is 0 Å². The average molecular weight is 263 g/mol. The number of hydrogen-bond donors (Lipinski definition) is 2. The summed E-state index contributed by atoms with van der Waals surface area (Å²) in [6.07, 6.45) is -3.22. The lowest BCUT2D eigenvalue weighted by atomic mass is 10.2. The normalized spacial score (nSPS) is 11.3. The molecule has 3 N–H and O–H groups in total. The molecule has 0 aromatic carbocycles. The number of carbonyl (C=O) groups excluding carboxylic acids is 1. The molecule has 1 aromatic heterocycles. The first-order valence-corrected chi connectivity index (χ1v) is 5.02. The number of nitrogens with two attached hydrogens (primary N) is 1. The lowest BCUT2D eigenvalue weighted by Gasteiger charge is -2.25. The molecule has 0 spiro atoms. The van der Waals surface area contributed by atoms with Gasteiger partial charge in [-0.25, -0.2) is 0 Å². The summed E-state index contributed by atoms with van der Waals surface area (Å²) in [5.74, 6) is -0.826. The number of carbonyl (C=O) groups is 1. The standard InChI is InChI=1S/C10H12F3N3O2/c11-10(12,13)6-16(3-4-17)7-1-2-15-8(5-7)9(14)18/h1-2,5,17H,3-4,6H2,(H2,14,18). The van der Waals surface area contributed by atoms with Crippen molar-refractivity contribution in [1.82, 2.24) is 4.98 Å². The van der Waals surface area contributed by atoms with Gasteiger partial charge >= 0.3 is 6.18 Å². The number of pyridine rings is 1. The van der Waals surface area contributed by atoms with E-state index in [2.05, 4.69) is 4.98 Å². The van der Waals surface area contributed by atoms with Gasteiger partial charge in [0.25, 0.3) is 5.91 Å². The maximum Gasteiger partial charge on any atom is 0.405 e. The van der Waals surface area contributed by atoms with Gasteiger partial charge in [0.05, 0.1) is 6.61 Å². The fraction of sp³-hybridized carbons (Fsp3) is 0.400. The fourth-order valence-electron chi connectivity index (χ4n) is 1.39. The maximum atomic E-state index is 12.3. The molecule has 1 heterocycles. The minimum atomic E-state index is -4.41. The van der Waals surface area contributed by atoms with Crippen molar-refractivity contribution in [2.24, 2.45) is 5.73 Å². The van der Waals surface area contributed by atoms with E-state index in [9.17, 15) is 18.0 Å². The first kappa shape index (κ1) is 14.2. The van der Waals surface area contributed by atoms with Gasteiger partial charge in [-0.15, -0.1) is 0 Å². The highest BCUT2D eigenvalue weighted by atomic mass is 19.4. The Bertz CT molecular complexity index is 423. The number of rotatable bonds is 5. The second-order valence-electron chi connectivity index (χ2n) is 3.52. The van der Waals surface area contributed by atoms with E-state index in [-0.39, 0.29) is 17.9 Å². The molecule has 0 aliphatic rings. The van der Waals surface area contributed by atoms with Crippen molar-refractivity contribution >= 4 is 11.6 Å². The van der Waals surface area contributed by atoms with Crippen molar-refractivity contribution in [1.29, 1.82) is 0 Å². The third kappa shape index (κ3) is 4.21. The van der Waals surface area contributed by atoms with Crippen LogP contribution in [0, 0.1) is 0 Å². The van der Waals surface area contributed by atoms with Crippen LogP contribution in [0.1, 0.15) is 10.5 Å². The fourth-order valence-corrected chi connectivity index (χ4v) is 1.39. The number of anilines is 1. The second-order valence-corrected chi connectivity index (χ2v) is 3.52. The minimum absolute atomic E-state index is 0.127. The van der Waals surface area contributed by atoms with Gasteiger partial charge < -0.3 is 15.7 Å². The molecule has 0 atom stereocenters. The molecule has 18 heavy (non-hydrogen) atoms. The Morgan fingerprint density at radius 3 is 2.67 bits per heavy atom. The zero-order valence-corrected chi connectivity index (χ0v) is 9.31. The Morgan fingerprint density at radius 1 is 1.50 bits per heavy atom. The summed E-state index contributed by atoms with van der Waals surface area (Å²) in [5.41, 5.74) is 5.00. The van der Waals surface area contributed by atoms with Crippen LogP contribution in [0.4, 0.5) is 18.9 Å². The number of nitrogens with zero attached hydrogens (tertiary/aromatic N) is 2. The average Bonchev–Trinajstić information content (AvgIpc) is 2.27. The van der Waals surface area contributed by atoms with Crippen LogP contribution >= 0.6 is 0 Å². The van der Waals surface area contributed by atoms with Crippen molar-refractivity contribution in [3.05, 3.63) is 24.0 Å². The Labute approximate surface area is 101 Å². The molecule has 100 valence electrons. The summed E-state index contributed by atoms with van der Waals surface area (Å²) in [6.45, 7) is -1.87. The molecule has 0 unspecified atom stereocenters. The smallest absolute Gasteiger partial charge is 0.395 e. The Hall–Kier alpha value is -1.83. The number of aliphatic hydroxyl groups is 1. The minimum Gasteiger partial charge on any atom is -0.395 e. The van der Waals surface area contributed by atoms with E-state index in [1.165, 1.54) is 12.3 Å². The molecule has 1 aromatic rings. The largest absolute Gasteiger partial charge is 0.405 e. The highest BCUT2D eigenvalue weighted by molar-refractivity contribution is 5.91. The lowest BCUT2D eigenvalue weighted by Crippen LogP contribution is -2.36. The van der Waals surface area contributed by atoms with Crippen molar-refractivity contribution < 1.29 is 23.1 Å². The van der Waals surface area contributed by atoms with Crippen LogP contribution < -0.4 is 10.6 Å². The van der Waals surface area contributed by atoms with Crippen LogP contribution in [0.3, 0.4) is 0 Å². The van der Waals surface area contributed by atoms with Crippen LogP contribution in [-0.2, 0) is 0 Å². The molecule has 0 radical (unpaired) electrons. The molecule has 0 aliphatic heterocycles. The van der Waals surface area contributed by atoms with Gasteiger partial charge in [-0.05, 0) is 12.1 Å². The predicted molar refractivity (Wildman–Crippen MR) is 58.1 cm³/mol. The van der Waals surface area contributed by atoms with Gasteiger partial charge in [0.15, 0.2) is 0 Å². The van der Waals surface area contributed by atoms with E-state index in [1.54, 1.807) is 0 Å². The number of alkyl halides is 3. The summed E-state index contributed by atoms with van der Waals surface area (Å²) < 4.78 is 37.0. The SMILES string of the molecule is NC(=O)c1cc(N(CCO)CC(F)(F)F)ccn1. The highest BCUT2D eigenvalue weighted by Gasteiger charge is 2.30. The van der Waals surface area contributed by atoms with Crippen molar-refractivity contribution in [3.63, 3.8) is 0 Å². The second kappa shape index (κ2) is 5.67. The van der Waals surface area contributed by atoms with Gasteiger partial charge in [0.1, 0.15) is 12.2 Å². The molecule has 5 nitrogen and oxygen atoms in total. The molecule has 0 aliphatic carbocycles. The number of primary amides is 1. The van der Waals surface area contributed by atoms with E-state index < -0.39 is 25.2 Å². The zero-order valence-electron chi connectivity index (χ0n) is 9.31. The summed E-state index contributed by atoms with van der Waals surface area (Å²) in [5, 5.41) is 8.76. The van der Waals surface area contributed by atoms with Crippen LogP contribution in [0.2, 0.25) is 0 Å². The van der Waals surface area contributed by atoms with E-state index in [0.29, 0.717) is 0 Å². The third-order valence-corrected chi connectivity index (χ3v) is 2.10. The van der Waals surface area contributed by atoms with Crippen LogP contribution in [0.15, 0.2) is 18.3 Å². The van der Waals surface area contributed by atoms with Gasteiger partial charge in [0.2, 0.25) is 0 Å². The number of aliphatic hydroxyl groups excluding tert-OH is 1. The number of halogens is 3. The van der Waals surface area contributed by atoms with Crippen molar-refractivity contribution in [2.75, 3.05) is 24.6 Å². The quantitative estimate of drug-likeness (QED) is 0.812. The molecule has 0 saturated heterocycles. The van der Waals surface area contributed by atoms with Gasteiger partial charge in [-0.2, -0.15) is 13.2 Å². The van der Waals surface area contributed by atoms with Gasteiger partial charge in [0, 0.05) is 18.4 Å². The number of aromatic nitrogens is 1. The zero-order chi connectivity index (χ0) is 13.8. The Morgan fingerprint density at radius 2 is 2.17 bits per heavy atom. The number of hydrogen-bond acceptors (Lipinski definition) is 4. The van der Waals surface area contributed by atoms with E-state index in [0.717, 1.165) is 11.0 Å². The topological polar surface area (TPSA) is 79.5 Å². The molecule has 1 rings (SSSR count). The molecular formula is C10H12F3N3O2. The third-order valence-electron chi connectivity index (χ3n) is 2.10. The van der Waals surface area contributed by atoms with Crippen molar-refractivity contribution in [2.45, 2.75) is 6.18 Å². The number of amides is 1. The summed E-state index contributed by atoms with van der Waals surface area (Å²) in [6, 6.07) is 2.47. The molecule has 1 amide bonds. The van der Waals surface area contributed by atoms with Crippen LogP contribution in [0.25, 0.3) is 0 Å². The maximum absolute atomic E-state index is 12.3. The molecule has 0 saturated carbocycles. The summed E-state index contributed by atoms with van der Waals surface area (Å²) in [7, 11) is 0. The Balaban J connectivity index is 2.98.